The topological polar surface area (TPSA) is 67.1 Å². The Bertz CT molecular complexity index is 573. The van der Waals surface area contributed by atoms with Gasteiger partial charge in [0.25, 0.3) is 5.91 Å². The van der Waals surface area contributed by atoms with Crippen molar-refractivity contribution < 1.29 is 14.0 Å². The summed E-state index contributed by atoms with van der Waals surface area (Å²) in [5.74, 6) is 2.49. The number of likely N-dealkylation sites (tertiary alicyclic amines) is 1. The van der Waals surface area contributed by atoms with Crippen LogP contribution in [0.4, 0.5) is 0 Å². The summed E-state index contributed by atoms with van der Waals surface area (Å²) in [6.45, 7) is 7.54. The molecular formula is C17H25N3O3. The minimum absolute atomic E-state index is 0.0425. The molecule has 0 aromatic carbocycles. The van der Waals surface area contributed by atoms with E-state index in [1.807, 2.05) is 26.0 Å². The van der Waals surface area contributed by atoms with Crippen molar-refractivity contribution in [3.8, 4) is 0 Å². The highest BCUT2D eigenvalue weighted by Gasteiger charge is 2.27. The van der Waals surface area contributed by atoms with Crippen molar-refractivity contribution in [2.24, 2.45) is 11.1 Å². The third-order valence-corrected chi connectivity index (χ3v) is 4.56. The van der Waals surface area contributed by atoms with Crippen LogP contribution < -0.4 is 5.32 Å². The third kappa shape index (κ3) is 4.34. The normalized spacial score (nSPS) is 22.7. The van der Waals surface area contributed by atoms with Crippen molar-refractivity contribution in [2.45, 2.75) is 45.8 Å². The van der Waals surface area contributed by atoms with E-state index in [4.69, 9.17) is 9.25 Å². The molecule has 3 heterocycles. The maximum Gasteiger partial charge on any atom is 0.264 e. The minimum Gasteiger partial charge on any atom is -0.465 e. The number of oxime groups is 1. The highest BCUT2D eigenvalue weighted by atomic mass is 16.6. The summed E-state index contributed by atoms with van der Waals surface area (Å²) in [4.78, 5) is 19.5. The molecule has 1 fully saturated rings. The van der Waals surface area contributed by atoms with E-state index in [0.717, 1.165) is 56.3 Å². The number of hydrogen-bond donors (Lipinski definition) is 1. The van der Waals surface area contributed by atoms with E-state index in [2.05, 4.69) is 15.4 Å². The van der Waals surface area contributed by atoms with Gasteiger partial charge in [0.05, 0.1) is 12.3 Å². The molecule has 126 valence electrons. The lowest BCUT2D eigenvalue weighted by Crippen LogP contribution is -2.41. The van der Waals surface area contributed by atoms with Crippen LogP contribution in [-0.2, 0) is 16.2 Å². The number of amides is 1. The molecule has 0 unspecified atom stereocenters. The van der Waals surface area contributed by atoms with Crippen LogP contribution >= 0.6 is 0 Å². The van der Waals surface area contributed by atoms with Crippen LogP contribution in [0, 0.1) is 12.8 Å². The summed E-state index contributed by atoms with van der Waals surface area (Å²) < 4.78 is 5.63. The second-order valence-electron chi connectivity index (χ2n) is 6.60. The molecule has 1 atom stereocenters. The summed E-state index contributed by atoms with van der Waals surface area (Å²) in [7, 11) is 0. The van der Waals surface area contributed by atoms with Crippen LogP contribution in [0.2, 0.25) is 0 Å². The van der Waals surface area contributed by atoms with Crippen molar-refractivity contribution in [1.29, 1.82) is 0 Å². The van der Waals surface area contributed by atoms with Gasteiger partial charge in [-0.3, -0.25) is 9.69 Å². The second-order valence-corrected chi connectivity index (χ2v) is 6.60. The van der Waals surface area contributed by atoms with Crippen molar-refractivity contribution in [1.82, 2.24) is 10.2 Å². The number of nitrogens with one attached hydrogen (secondary N) is 1. The van der Waals surface area contributed by atoms with Gasteiger partial charge in [0.1, 0.15) is 11.5 Å². The Labute approximate surface area is 136 Å². The van der Waals surface area contributed by atoms with Crippen LogP contribution in [0.25, 0.3) is 0 Å². The molecule has 6 heteroatoms. The number of hydrogen-bond acceptors (Lipinski definition) is 5. The second kappa shape index (κ2) is 7.17. The van der Waals surface area contributed by atoms with Crippen LogP contribution in [0.1, 0.15) is 37.7 Å². The molecule has 1 aromatic heterocycles. The Balaban J connectivity index is 1.35. The van der Waals surface area contributed by atoms with Gasteiger partial charge in [-0.1, -0.05) is 5.16 Å². The number of piperidine rings is 1. The van der Waals surface area contributed by atoms with Gasteiger partial charge < -0.3 is 14.6 Å². The maximum atomic E-state index is 12.0. The Morgan fingerprint density at radius 2 is 2.13 bits per heavy atom. The highest BCUT2D eigenvalue weighted by molar-refractivity contribution is 5.91. The molecule has 0 radical (unpaired) electrons. The molecule has 3 rings (SSSR count). The maximum absolute atomic E-state index is 12.0. The number of carbonyl (C=O) groups excluding carboxylic acids is 1. The van der Waals surface area contributed by atoms with Crippen LogP contribution in [-0.4, -0.2) is 42.3 Å². The molecule has 1 amide bonds. The Kier molecular flexibility index (Phi) is 5.00. The van der Waals surface area contributed by atoms with E-state index in [0.29, 0.717) is 12.3 Å². The predicted molar refractivity (Wildman–Crippen MR) is 87.1 cm³/mol. The van der Waals surface area contributed by atoms with E-state index in [9.17, 15) is 4.79 Å². The first kappa shape index (κ1) is 16.1. The SMILES string of the molecule is CC1=NO[C@@H](C(=O)NCC2CCN(Cc3ccc(C)o3)CC2)C1. The van der Waals surface area contributed by atoms with Crippen LogP contribution in [0.5, 0.6) is 0 Å². The Morgan fingerprint density at radius 3 is 2.74 bits per heavy atom. The molecule has 1 saturated heterocycles. The standard InChI is InChI=1S/C17H25N3O3/c1-12-9-16(23-19-12)17(21)18-10-14-5-7-20(8-6-14)11-15-4-3-13(2)22-15/h3-4,14,16H,5-11H2,1-2H3,(H,18,21)/t16-/m1/s1. The number of nitrogens with zero attached hydrogens (tertiary/aromatic N) is 2. The quantitative estimate of drug-likeness (QED) is 0.902. The lowest BCUT2D eigenvalue weighted by molar-refractivity contribution is -0.131. The van der Waals surface area contributed by atoms with E-state index >= 15 is 0 Å². The fourth-order valence-electron chi connectivity index (χ4n) is 3.13. The monoisotopic (exact) mass is 319 g/mol. The number of rotatable bonds is 5. The summed E-state index contributed by atoms with van der Waals surface area (Å²) in [5.41, 5.74) is 0.881. The average molecular weight is 319 g/mol. The lowest BCUT2D eigenvalue weighted by atomic mass is 9.96. The molecule has 0 aliphatic carbocycles. The molecule has 6 nitrogen and oxygen atoms in total. The number of aryl methyl sites for hydroxylation is 1. The molecule has 2 aliphatic heterocycles. The summed E-state index contributed by atoms with van der Waals surface area (Å²) in [6.07, 6.45) is 2.37. The first-order valence-electron chi connectivity index (χ1n) is 8.35. The molecule has 1 N–H and O–H groups in total. The van der Waals surface area contributed by atoms with Gasteiger partial charge in [0, 0.05) is 13.0 Å². The first-order chi connectivity index (χ1) is 11.1. The van der Waals surface area contributed by atoms with Gasteiger partial charge in [0.2, 0.25) is 6.10 Å². The highest BCUT2D eigenvalue weighted by Crippen LogP contribution is 2.19. The Morgan fingerprint density at radius 1 is 1.35 bits per heavy atom. The van der Waals surface area contributed by atoms with E-state index in [1.54, 1.807) is 0 Å². The van der Waals surface area contributed by atoms with Gasteiger partial charge in [-0.15, -0.1) is 0 Å². The molecule has 0 spiro atoms. The fourth-order valence-corrected chi connectivity index (χ4v) is 3.13. The zero-order valence-corrected chi connectivity index (χ0v) is 13.9. The zero-order chi connectivity index (χ0) is 16.2. The first-order valence-corrected chi connectivity index (χ1v) is 8.35. The van der Waals surface area contributed by atoms with E-state index < -0.39 is 6.10 Å². The largest absolute Gasteiger partial charge is 0.465 e. The number of carbonyl (C=O) groups is 1. The molecule has 0 saturated carbocycles. The average Bonchev–Trinajstić information content (AvgIpc) is 3.15. The third-order valence-electron chi connectivity index (χ3n) is 4.56. The van der Waals surface area contributed by atoms with Crippen LogP contribution in [0.3, 0.4) is 0 Å². The van der Waals surface area contributed by atoms with Crippen molar-refractivity contribution in [2.75, 3.05) is 19.6 Å². The zero-order valence-electron chi connectivity index (χ0n) is 13.9. The fraction of sp³-hybridized carbons (Fsp3) is 0.647. The van der Waals surface area contributed by atoms with Gasteiger partial charge in [0.15, 0.2) is 0 Å². The predicted octanol–water partition coefficient (Wildman–Crippen LogP) is 2.08. The van der Waals surface area contributed by atoms with Gasteiger partial charge >= 0.3 is 0 Å². The number of furan rings is 1. The lowest BCUT2D eigenvalue weighted by Gasteiger charge is -2.31. The molecule has 2 aliphatic rings. The van der Waals surface area contributed by atoms with E-state index in [1.165, 1.54) is 0 Å². The summed E-state index contributed by atoms with van der Waals surface area (Å²) >= 11 is 0. The van der Waals surface area contributed by atoms with Crippen molar-refractivity contribution >= 4 is 11.6 Å². The van der Waals surface area contributed by atoms with E-state index in [-0.39, 0.29) is 5.91 Å². The summed E-state index contributed by atoms with van der Waals surface area (Å²) in [5, 5.41) is 6.83. The minimum atomic E-state index is -0.433. The van der Waals surface area contributed by atoms with Crippen molar-refractivity contribution in [3.05, 3.63) is 23.7 Å². The van der Waals surface area contributed by atoms with Gasteiger partial charge in [-0.05, 0) is 57.8 Å². The molecular weight excluding hydrogens is 294 g/mol. The van der Waals surface area contributed by atoms with Crippen molar-refractivity contribution in [3.63, 3.8) is 0 Å². The Hall–Kier alpha value is -1.82. The van der Waals surface area contributed by atoms with Gasteiger partial charge in [-0.25, -0.2) is 0 Å². The van der Waals surface area contributed by atoms with Gasteiger partial charge in [-0.2, -0.15) is 0 Å². The molecule has 0 bridgehead atoms. The molecule has 23 heavy (non-hydrogen) atoms. The van der Waals surface area contributed by atoms with Crippen LogP contribution in [0.15, 0.2) is 21.7 Å². The summed E-state index contributed by atoms with van der Waals surface area (Å²) in [6, 6.07) is 4.06. The molecule has 1 aromatic rings. The smallest absolute Gasteiger partial charge is 0.264 e.